The number of hydrogen-bond donors (Lipinski definition) is 1. The summed E-state index contributed by atoms with van der Waals surface area (Å²) < 4.78 is 35.5. The summed E-state index contributed by atoms with van der Waals surface area (Å²) in [6.07, 6.45) is -4.92. The normalized spacial score (nSPS) is 11.8. The number of nitrogens with one attached hydrogen (secondary N) is 1. The minimum atomic E-state index is -4.92. The van der Waals surface area contributed by atoms with Crippen LogP contribution in [0, 0.1) is 0 Å². The highest BCUT2D eigenvalue weighted by molar-refractivity contribution is 6.41. The first-order valence-electron chi connectivity index (χ1n) is 2.98. The van der Waals surface area contributed by atoms with Crippen molar-refractivity contribution in [3.05, 3.63) is 21.9 Å². The Balaban J connectivity index is 3.03. The molecule has 0 aliphatic carbocycles. The number of carbonyl (C=O) groups is 1. The van der Waals surface area contributed by atoms with Crippen LogP contribution in [0.25, 0.3) is 0 Å². The van der Waals surface area contributed by atoms with Gasteiger partial charge in [-0.1, -0.05) is 23.2 Å². The topological polar surface area (TPSA) is 32.9 Å². The molecule has 0 bridgehead atoms. The third-order valence-electron chi connectivity index (χ3n) is 1.23. The molecule has 0 amide bonds. The maximum atomic E-state index is 11.8. The predicted molar refractivity (Wildman–Crippen MR) is 41.2 cm³/mol. The van der Waals surface area contributed by atoms with Crippen molar-refractivity contribution in [3.63, 3.8) is 0 Å². The Bertz CT molecular complexity index is 325. The summed E-state index contributed by atoms with van der Waals surface area (Å²) in [5.41, 5.74) is -0.664. The first-order chi connectivity index (χ1) is 5.82. The van der Waals surface area contributed by atoms with Crippen molar-refractivity contribution in [2.45, 2.75) is 6.18 Å². The molecule has 72 valence electrons. The van der Waals surface area contributed by atoms with Gasteiger partial charge in [0.1, 0.15) is 5.15 Å². The van der Waals surface area contributed by atoms with E-state index in [1.807, 2.05) is 4.98 Å². The summed E-state index contributed by atoms with van der Waals surface area (Å²) in [4.78, 5) is 12.6. The molecule has 0 aliphatic rings. The van der Waals surface area contributed by atoms with Gasteiger partial charge < -0.3 is 4.98 Å². The summed E-state index contributed by atoms with van der Waals surface area (Å²) >= 11 is 10.7. The Kier molecular flexibility index (Phi) is 2.58. The molecular weight excluding hydrogens is 230 g/mol. The van der Waals surface area contributed by atoms with E-state index in [-0.39, 0.29) is 10.2 Å². The van der Waals surface area contributed by atoms with Gasteiger partial charge in [-0.3, -0.25) is 4.79 Å². The van der Waals surface area contributed by atoms with Crippen LogP contribution in [0.15, 0.2) is 6.07 Å². The van der Waals surface area contributed by atoms with E-state index in [2.05, 4.69) is 0 Å². The second kappa shape index (κ2) is 3.23. The summed E-state index contributed by atoms with van der Waals surface area (Å²) in [5, 5.41) is -0.302. The average molecular weight is 232 g/mol. The van der Waals surface area contributed by atoms with Gasteiger partial charge in [0.2, 0.25) is 0 Å². The highest BCUT2D eigenvalue weighted by atomic mass is 35.5. The Morgan fingerprint density at radius 3 is 2.23 bits per heavy atom. The molecule has 0 unspecified atom stereocenters. The SMILES string of the molecule is O=C(c1cc(Cl)c(Cl)[nH]1)C(F)(F)F. The summed E-state index contributed by atoms with van der Waals surface area (Å²) in [7, 11) is 0. The molecule has 13 heavy (non-hydrogen) atoms. The zero-order chi connectivity index (χ0) is 10.2. The van der Waals surface area contributed by atoms with Crippen LogP contribution in [-0.2, 0) is 0 Å². The molecule has 1 N–H and O–H groups in total. The minimum Gasteiger partial charge on any atom is -0.342 e. The maximum Gasteiger partial charge on any atom is 0.456 e. The Morgan fingerprint density at radius 1 is 1.38 bits per heavy atom. The lowest BCUT2D eigenvalue weighted by Gasteiger charge is -2.01. The van der Waals surface area contributed by atoms with Crippen molar-refractivity contribution >= 4 is 29.0 Å². The number of H-pyrrole nitrogens is 1. The van der Waals surface area contributed by atoms with Gasteiger partial charge in [-0.15, -0.1) is 0 Å². The Labute approximate surface area is 80.6 Å². The van der Waals surface area contributed by atoms with Crippen molar-refractivity contribution in [2.75, 3.05) is 0 Å². The number of Topliss-reactive ketones (excluding diaryl/α,β-unsaturated/α-hetero) is 1. The van der Waals surface area contributed by atoms with Crippen LogP contribution in [0.3, 0.4) is 0 Å². The largest absolute Gasteiger partial charge is 0.456 e. The second-order valence-electron chi connectivity index (χ2n) is 2.17. The Hall–Kier alpha value is -0.680. The molecule has 0 saturated carbocycles. The van der Waals surface area contributed by atoms with E-state index in [1.165, 1.54) is 0 Å². The van der Waals surface area contributed by atoms with Gasteiger partial charge in [0.15, 0.2) is 0 Å². The monoisotopic (exact) mass is 231 g/mol. The van der Waals surface area contributed by atoms with E-state index in [0.717, 1.165) is 6.07 Å². The van der Waals surface area contributed by atoms with Crippen LogP contribution in [0.4, 0.5) is 13.2 Å². The van der Waals surface area contributed by atoms with E-state index in [4.69, 9.17) is 23.2 Å². The van der Waals surface area contributed by atoms with Crippen molar-refractivity contribution in [3.8, 4) is 0 Å². The third kappa shape index (κ3) is 2.16. The van der Waals surface area contributed by atoms with Crippen LogP contribution in [0.2, 0.25) is 10.2 Å². The number of carbonyl (C=O) groups excluding carboxylic acids is 1. The molecule has 0 fully saturated rings. The lowest BCUT2D eigenvalue weighted by molar-refractivity contribution is -0.0887. The number of halogens is 5. The second-order valence-corrected chi connectivity index (χ2v) is 2.96. The number of rotatable bonds is 1. The smallest absolute Gasteiger partial charge is 0.342 e. The first-order valence-corrected chi connectivity index (χ1v) is 3.73. The molecular formula is C6H2Cl2F3NO. The van der Waals surface area contributed by atoms with Crippen LogP contribution in [0.1, 0.15) is 10.5 Å². The zero-order valence-corrected chi connectivity index (χ0v) is 7.39. The first kappa shape index (κ1) is 10.4. The number of ketones is 1. The van der Waals surface area contributed by atoms with E-state index < -0.39 is 17.7 Å². The van der Waals surface area contributed by atoms with Crippen molar-refractivity contribution in [2.24, 2.45) is 0 Å². The quantitative estimate of drug-likeness (QED) is 0.741. The van der Waals surface area contributed by atoms with E-state index in [9.17, 15) is 18.0 Å². The van der Waals surface area contributed by atoms with Gasteiger partial charge in [-0.2, -0.15) is 13.2 Å². The van der Waals surface area contributed by atoms with Crippen LogP contribution in [-0.4, -0.2) is 16.9 Å². The summed E-state index contributed by atoms with van der Waals surface area (Å²) in [6.45, 7) is 0. The number of hydrogen-bond acceptors (Lipinski definition) is 1. The zero-order valence-electron chi connectivity index (χ0n) is 5.88. The van der Waals surface area contributed by atoms with Crippen molar-refractivity contribution in [1.29, 1.82) is 0 Å². The molecule has 0 aromatic carbocycles. The van der Waals surface area contributed by atoms with E-state index in [1.54, 1.807) is 0 Å². The van der Waals surface area contributed by atoms with Crippen molar-refractivity contribution in [1.82, 2.24) is 4.98 Å². The van der Waals surface area contributed by atoms with Crippen LogP contribution in [0.5, 0.6) is 0 Å². The molecule has 0 saturated heterocycles. The lowest BCUT2D eigenvalue weighted by Crippen LogP contribution is -2.22. The molecule has 1 heterocycles. The number of aromatic nitrogens is 1. The van der Waals surface area contributed by atoms with Gasteiger partial charge >= 0.3 is 6.18 Å². The fourth-order valence-electron chi connectivity index (χ4n) is 0.679. The standard InChI is InChI=1S/C6H2Cl2F3NO/c7-2-1-3(12-5(2)8)4(13)6(9,10)11/h1,12H. The summed E-state index contributed by atoms with van der Waals surface area (Å²) in [5.74, 6) is -2.00. The molecule has 1 rings (SSSR count). The van der Waals surface area contributed by atoms with E-state index >= 15 is 0 Å². The molecule has 0 spiro atoms. The van der Waals surface area contributed by atoms with Crippen molar-refractivity contribution < 1.29 is 18.0 Å². The fourth-order valence-corrected chi connectivity index (χ4v) is 0.992. The predicted octanol–water partition coefficient (Wildman–Crippen LogP) is 3.07. The Morgan fingerprint density at radius 2 is 1.92 bits per heavy atom. The molecule has 1 aromatic heterocycles. The van der Waals surface area contributed by atoms with Gasteiger partial charge in [0.05, 0.1) is 10.7 Å². The number of aromatic amines is 1. The average Bonchev–Trinajstić information content (AvgIpc) is 2.29. The van der Waals surface area contributed by atoms with Gasteiger partial charge in [-0.05, 0) is 6.07 Å². The molecule has 0 atom stereocenters. The van der Waals surface area contributed by atoms with Gasteiger partial charge in [-0.25, -0.2) is 0 Å². The third-order valence-corrected chi connectivity index (χ3v) is 1.92. The minimum absolute atomic E-state index is 0.116. The molecule has 0 aliphatic heterocycles. The highest BCUT2D eigenvalue weighted by Gasteiger charge is 2.40. The van der Waals surface area contributed by atoms with Gasteiger partial charge in [0.25, 0.3) is 5.78 Å². The molecule has 2 nitrogen and oxygen atoms in total. The molecule has 0 radical (unpaired) electrons. The van der Waals surface area contributed by atoms with Gasteiger partial charge in [0, 0.05) is 0 Å². The lowest BCUT2D eigenvalue weighted by atomic mass is 10.3. The highest BCUT2D eigenvalue weighted by Crippen LogP contribution is 2.26. The molecule has 1 aromatic rings. The molecule has 7 heteroatoms. The van der Waals surface area contributed by atoms with Crippen LogP contribution >= 0.6 is 23.2 Å². The maximum absolute atomic E-state index is 11.8. The summed E-state index contributed by atoms with van der Waals surface area (Å²) in [6, 6.07) is 0.833. The fraction of sp³-hybridized carbons (Fsp3) is 0.167. The van der Waals surface area contributed by atoms with Crippen LogP contribution < -0.4 is 0 Å². The number of alkyl halides is 3. The van der Waals surface area contributed by atoms with E-state index in [0.29, 0.717) is 0 Å².